The highest BCUT2D eigenvalue weighted by Gasteiger charge is 2.19. The molecule has 0 saturated carbocycles. The fourth-order valence-corrected chi connectivity index (χ4v) is 1.97. The maximum absolute atomic E-state index is 11.3. The highest BCUT2D eigenvalue weighted by atomic mass is 16.4. The third-order valence-electron chi connectivity index (χ3n) is 2.69. The minimum Gasteiger partial charge on any atom is -0.478 e. The molecule has 84 valence electrons. The zero-order chi connectivity index (χ0) is 11.8. The van der Waals surface area contributed by atoms with Gasteiger partial charge in [0.2, 0.25) is 0 Å². The largest absolute Gasteiger partial charge is 0.478 e. The summed E-state index contributed by atoms with van der Waals surface area (Å²) in [7, 11) is 0. The van der Waals surface area contributed by atoms with Gasteiger partial charge in [0.25, 0.3) is 0 Å². The molecule has 0 aliphatic rings. The van der Waals surface area contributed by atoms with Gasteiger partial charge in [-0.05, 0) is 18.2 Å². The molecule has 2 aromatic heterocycles. The van der Waals surface area contributed by atoms with Crippen molar-refractivity contribution in [2.75, 3.05) is 0 Å². The molecule has 2 N–H and O–H groups in total. The molecule has 0 aliphatic heterocycles. The van der Waals surface area contributed by atoms with Crippen LogP contribution in [0.2, 0.25) is 0 Å². The molecule has 3 rings (SSSR count). The number of carboxylic acid groups (broad SMARTS) is 1. The van der Waals surface area contributed by atoms with E-state index in [1.54, 1.807) is 18.2 Å². The van der Waals surface area contributed by atoms with Crippen molar-refractivity contribution in [2.24, 2.45) is 0 Å². The summed E-state index contributed by atoms with van der Waals surface area (Å²) in [5, 5.41) is 9.98. The summed E-state index contributed by atoms with van der Waals surface area (Å²) < 4.78 is 5.25. The van der Waals surface area contributed by atoms with E-state index in [9.17, 15) is 9.90 Å². The molecule has 0 fully saturated rings. The maximum atomic E-state index is 11.3. The molecule has 0 bridgehead atoms. The van der Waals surface area contributed by atoms with Crippen molar-refractivity contribution in [3.63, 3.8) is 0 Å². The monoisotopic (exact) mass is 227 g/mol. The van der Waals surface area contributed by atoms with E-state index in [0.29, 0.717) is 16.8 Å². The first kappa shape index (κ1) is 9.72. The van der Waals surface area contributed by atoms with Gasteiger partial charge < -0.3 is 14.5 Å². The molecule has 0 aliphatic carbocycles. The maximum Gasteiger partial charge on any atom is 0.338 e. The lowest BCUT2D eigenvalue weighted by Crippen LogP contribution is -1.97. The van der Waals surface area contributed by atoms with Crippen LogP contribution >= 0.6 is 0 Å². The van der Waals surface area contributed by atoms with Crippen LogP contribution in [0.4, 0.5) is 0 Å². The summed E-state index contributed by atoms with van der Waals surface area (Å²) in [4.78, 5) is 14.4. The number of rotatable bonds is 2. The number of carbonyl (C=O) groups is 1. The van der Waals surface area contributed by atoms with Crippen LogP contribution in [0.3, 0.4) is 0 Å². The number of aromatic carboxylic acids is 1. The van der Waals surface area contributed by atoms with Crippen LogP contribution < -0.4 is 0 Å². The smallest absolute Gasteiger partial charge is 0.338 e. The first-order valence-electron chi connectivity index (χ1n) is 5.15. The molecule has 1 aromatic carbocycles. The van der Waals surface area contributed by atoms with Crippen LogP contribution in [-0.2, 0) is 0 Å². The van der Waals surface area contributed by atoms with E-state index in [1.165, 1.54) is 6.26 Å². The molecule has 0 saturated heterocycles. The number of fused-ring (bicyclic) bond motifs is 1. The Labute approximate surface area is 96.5 Å². The molecule has 3 aromatic rings. The Morgan fingerprint density at radius 2 is 2.00 bits per heavy atom. The summed E-state index contributed by atoms with van der Waals surface area (Å²) in [5.41, 5.74) is 1.54. The van der Waals surface area contributed by atoms with Crippen LogP contribution in [-0.4, -0.2) is 16.1 Å². The second-order valence-electron chi connectivity index (χ2n) is 3.70. The zero-order valence-electron chi connectivity index (χ0n) is 8.81. The molecule has 2 heterocycles. The number of benzene rings is 1. The molecule has 0 atom stereocenters. The predicted octanol–water partition coefficient (Wildman–Crippen LogP) is 3.13. The highest BCUT2D eigenvalue weighted by molar-refractivity contribution is 6.08. The summed E-state index contributed by atoms with van der Waals surface area (Å²) in [6.07, 6.45) is 1.52. The van der Waals surface area contributed by atoms with E-state index in [2.05, 4.69) is 4.98 Å². The van der Waals surface area contributed by atoms with Crippen molar-refractivity contribution in [2.45, 2.75) is 0 Å². The predicted molar refractivity (Wildman–Crippen MR) is 63.0 cm³/mol. The van der Waals surface area contributed by atoms with E-state index in [1.807, 2.05) is 18.2 Å². The molecule has 4 nitrogen and oxygen atoms in total. The van der Waals surface area contributed by atoms with E-state index >= 15 is 0 Å². The average Bonchev–Trinajstić information content (AvgIpc) is 2.95. The van der Waals surface area contributed by atoms with Crippen LogP contribution in [0.15, 0.2) is 47.1 Å². The third kappa shape index (κ3) is 1.42. The number of nitrogens with one attached hydrogen (secondary N) is 1. The van der Waals surface area contributed by atoms with Gasteiger partial charge in [-0.3, -0.25) is 0 Å². The minimum absolute atomic E-state index is 0.246. The number of hydrogen-bond donors (Lipinski definition) is 2. The Morgan fingerprint density at radius 3 is 2.71 bits per heavy atom. The van der Waals surface area contributed by atoms with Crippen molar-refractivity contribution in [1.82, 2.24) is 4.98 Å². The molecule has 0 radical (unpaired) electrons. The molecule has 17 heavy (non-hydrogen) atoms. The Hall–Kier alpha value is -2.49. The fourth-order valence-electron chi connectivity index (χ4n) is 1.97. The lowest BCUT2D eigenvalue weighted by molar-refractivity contribution is 0.0699. The Morgan fingerprint density at radius 1 is 1.18 bits per heavy atom. The lowest BCUT2D eigenvalue weighted by Gasteiger charge is -1.95. The van der Waals surface area contributed by atoms with Gasteiger partial charge in [0.05, 0.1) is 17.5 Å². The van der Waals surface area contributed by atoms with E-state index in [-0.39, 0.29) is 5.56 Å². The molecule has 0 spiro atoms. The SMILES string of the molecule is O=C(O)c1c(-c2ccco2)[nH]c2ccccc12. The number of hydrogen-bond acceptors (Lipinski definition) is 2. The van der Waals surface area contributed by atoms with Crippen LogP contribution in [0, 0.1) is 0 Å². The second kappa shape index (κ2) is 3.52. The number of H-pyrrole nitrogens is 1. The first-order chi connectivity index (χ1) is 8.27. The normalized spacial score (nSPS) is 10.8. The number of furan rings is 1. The summed E-state index contributed by atoms with van der Waals surface area (Å²) >= 11 is 0. The van der Waals surface area contributed by atoms with Crippen LogP contribution in [0.1, 0.15) is 10.4 Å². The molecule has 0 unspecified atom stereocenters. The van der Waals surface area contributed by atoms with Gasteiger partial charge in [-0.25, -0.2) is 4.79 Å². The van der Waals surface area contributed by atoms with Crippen molar-refractivity contribution < 1.29 is 14.3 Å². The molecule has 4 heteroatoms. The quantitative estimate of drug-likeness (QED) is 0.706. The lowest BCUT2D eigenvalue weighted by atomic mass is 10.1. The average molecular weight is 227 g/mol. The van der Waals surface area contributed by atoms with E-state index in [4.69, 9.17) is 4.42 Å². The van der Waals surface area contributed by atoms with E-state index < -0.39 is 5.97 Å². The fraction of sp³-hybridized carbons (Fsp3) is 0. The Bertz CT molecular complexity index is 680. The number of aromatic amines is 1. The van der Waals surface area contributed by atoms with Gasteiger partial charge in [-0.15, -0.1) is 0 Å². The summed E-state index contributed by atoms with van der Waals surface area (Å²) in [6, 6.07) is 10.8. The number of para-hydroxylation sites is 1. The number of aromatic nitrogens is 1. The minimum atomic E-state index is -0.964. The van der Waals surface area contributed by atoms with Crippen LogP contribution in [0.25, 0.3) is 22.4 Å². The van der Waals surface area contributed by atoms with Crippen molar-refractivity contribution in [1.29, 1.82) is 0 Å². The summed E-state index contributed by atoms with van der Waals surface area (Å²) in [6.45, 7) is 0. The molecular formula is C13H9NO3. The van der Waals surface area contributed by atoms with Crippen molar-refractivity contribution in [3.05, 3.63) is 48.2 Å². The zero-order valence-corrected chi connectivity index (χ0v) is 8.81. The standard InChI is InChI=1S/C13H9NO3/c15-13(16)11-8-4-1-2-5-9(8)14-12(11)10-6-3-7-17-10/h1-7,14H,(H,15,16). The van der Waals surface area contributed by atoms with Gasteiger partial charge in [0.15, 0.2) is 5.76 Å². The van der Waals surface area contributed by atoms with Gasteiger partial charge in [-0.2, -0.15) is 0 Å². The third-order valence-corrected chi connectivity index (χ3v) is 2.69. The van der Waals surface area contributed by atoms with Gasteiger partial charge >= 0.3 is 5.97 Å². The van der Waals surface area contributed by atoms with Crippen molar-refractivity contribution >= 4 is 16.9 Å². The van der Waals surface area contributed by atoms with Gasteiger partial charge in [0.1, 0.15) is 0 Å². The number of carboxylic acids is 1. The Kier molecular flexibility index (Phi) is 2.01. The summed E-state index contributed by atoms with van der Waals surface area (Å²) in [5.74, 6) is -0.438. The van der Waals surface area contributed by atoms with Crippen molar-refractivity contribution in [3.8, 4) is 11.5 Å². The first-order valence-corrected chi connectivity index (χ1v) is 5.15. The van der Waals surface area contributed by atoms with Gasteiger partial charge in [0, 0.05) is 10.9 Å². The highest BCUT2D eigenvalue weighted by Crippen LogP contribution is 2.30. The second-order valence-corrected chi connectivity index (χ2v) is 3.70. The van der Waals surface area contributed by atoms with E-state index in [0.717, 1.165) is 5.52 Å². The topological polar surface area (TPSA) is 66.2 Å². The molecule has 0 amide bonds. The molecular weight excluding hydrogens is 218 g/mol. The Balaban J connectivity index is 2.38. The van der Waals surface area contributed by atoms with Gasteiger partial charge in [-0.1, -0.05) is 18.2 Å². The van der Waals surface area contributed by atoms with Crippen LogP contribution in [0.5, 0.6) is 0 Å².